The second-order valence-corrected chi connectivity index (χ2v) is 31.2. The van der Waals surface area contributed by atoms with Crippen LogP contribution >= 0.6 is 0 Å². The highest BCUT2D eigenvalue weighted by Gasteiger charge is 2.46. The van der Waals surface area contributed by atoms with Crippen LogP contribution in [0.2, 0.25) is 0 Å². The van der Waals surface area contributed by atoms with Gasteiger partial charge in [0.1, 0.15) is 11.5 Å². The third kappa shape index (κ3) is 7.34. The van der Waals surface area contributed by atoms with Crippen molar-refractivity contribution in [3.05, 3.63) is 155 Å². The van der Waals surface area contributed by atoms with Crippen LogP contribution in [0.15, 0.2) is 121 Å². The quantitative estimate of drug-likeness (QED) is 0.129. The number of methoxy groups -OCH3 is 2. The van der Waals surface area contributed by atoms with E-state index in [1.165, 1.54) is 165 Å². The second-order valence-electron chi connectivity index (χ2n) is 31.2. The molecule has 2 nitrogen and oxygen atoms in total. The number of fused-ring (bicyclic) bond motifs is 10. The first-order valence-corrected chi connectivity index (χ1v) is 30.3. The van der Waals surface area contributed by atoms with E-state index in [-0.39, 0.29) is 45.9 Å². The average Bonchev–Trinajstić information content (AvgIpc) is 1.30. The highest BCUT2D eigenvalue weighted by molar-refractivity contribution is 7.03. The SMILES string of the molecule is COc1cc2c3c(c1)-c1cc(-c4c(C(C)(C)C)cc(C(C)(C)C)cc4C(C)(C)C)c4cc5c6c(cc(-c7c(C(C)(C)C)cc(C(C)(C)C)cc7C(C)(C)C)c7cc(c1c4c76)B3c1ccccc1-2)-c1cc(OC)cc2c1B5c1ccccc1-2. The van der Waals surface area contributed by atoms with Crippen molar-refractivity contribution >= 4 is 78.5 Å². The van der Waals surface area contributed by atoms with Gasteiger partial charge in [-0.05, 0) is 201 Å². The summed E-state index contributed by atoms with van der Waals surface area (Å²) in [4.78, 5) is 0. The number of ether oxygens (including phenoxy) is 2. The summed E-state index contributed by atoms with van der Waals surface area (Å²) in [5.41, 5.74) is 31.5. The van der Waals surface area contributed by atoms with Crippen LogP contribution in [0, 0.1) is 0 Å². The Labute approximate surface area is 489 Å². The molecular formula is C78H80B2O2. The van der Waals surface area contributed by atoms with Gasteiger partial charge in [0.15, 0.2) is 0 Å². The zero-order valence-electron chi connectivity index (χ0n) is 52.5. The van der Waals surface area contributed by atoms with E-state index in [0.29, 0.717) is 0 Å². The molecule has 0 spiro atoms. The summed E-state index contributed by atoms with van der Waals surface area (Å²) in [6, 6.07) is 49.0. The lowest BCUT2D eigenvalue weighted by molar-refractivity contribution is 0.415. The lowest BCUT2D eigenvalue weighted by Gasteiger charge is -2.37. The van der Waals surface area contributed by atoms with Crippen molar-refractivity contribution in [1.82, 2.24) is 0 Å². The summed E-state index contributed by atoms with van der Waals surface area (Å²) in [6.45, 7) is 43.6. The first kappa shape index (κ1) is 53.0. The Balaban J connectivity index is 1.30. The molecule has 4 heteroatoms. The largest absolute Gasteiger partial charge is 0.497 e. The molecule has 0 bridgehead atoms. The minimum atomic E-state index is -0.190. The van der Waals surface area contributed by atoms with Crippen molar-refractivity contribution in [1.29, 1.82) is 0 Å². The smallest absolute Gasteiger partial charge is 0.244 e. The summed E-state index contributed by atoms with van der Waals surface area (Å²) >= 11 is 0. The molecule has 14 rings (SSSR count). The van der Waals surface area contributed by atoms with E-state index < -0.39 is 0 Å². The predicted molar refractivity (Wildman–Crippen MR) is 357 cm³/mol. The van der Waals surface area contributed by atoms with Gasteiger partial charge in [0.05, 0.1) is 14.2 Å². The summed E-state index contributed by atoms with van der Waals surface area (Å²) in [6.07, 6.45) is 0. The maximum Gasteiger partial charge on any atom is 0.244 e. The van der Waals surface area contributed by atoms with E-state index in [2.05, 4.69) is 246 Å². The Morgan fingerprint density at radius 1 is 0.280 bits per heavy atom. The van der Waals surface area contributed by atoms with Crippen molar-refractivity contribution in [2.24, 2.45) is 0 Å². The third-order valence-electron chi connectivity index (χ3n) is 19.6. The summed E-state index contributed by atoms with van der Waals surface area (Å²) in [5.74, 6) is 1.79. The van der Waals surface area contributed by atoms with Gasteiger partial charge in [-0.15, -0.1) is 0 Å². The van der Waals surface area contributed by atoms with Crippen LogP contribution in [0.1, 0.15) is 158 Å². The maximum absolute atomic E-state index is 6.37. The molecule has 4 aliphatic rings. The molecule has 0 amide bonds. The van der Waals surface area contributed by atoms with E-state index in [9.17, 15) is 0 Å². The number of hydrogen-bond donors (Lipinski definition) is 0. The highest BCUT2D eigenvalue weighted by atomic mass is 16.5. The van der Waals surface area contributed by atoms with E-state index in [0.717, 1.165) is 11.5 Å². The van der Waals surface area contributed by atoms with Crippen LogP contribution in [-0.4, -0.2) is 27.6 Å². The molecule has 4 aliphatic heterocycles. The fourth-order valence-corrected chi connectivity index (χ4v) is 15.6. The van der Waals surface area contributed by atoms with Gasteiger partial charge in [-0.25, -0.2) is 0 Å². The Kier molecular flexibility index (Phi) is 10.9. The van der Waals surface area contributed by atoms with E-state index >= 15 is 0 Å². The Hall–Kier alpha value is -7.03. The van der Waals surface area contributed by atoms with Gasteiger partial charge in [0.25, 0.3) is 0 Å². The summed E-state index contributed by atoms with van der Waals surface area (Å²) in [5, 5.41) is 8.17. The molecule has 0 saturated carbocycles. The van der Waals surface area contributed by atoms with Gasteiger partial charge < -0.3 is 9.47 Å². The first-order chi connectivity index (χ1) is 38.4. The minimum Gasteiger partial charge on any atom is -0.497 e. The van der Waals surface area contributed by atoms with E-state index in [1.807, 2.05) is 14.2 Å². The van der Waals surface area contributed by atoms with Crippen LogP contribution in [0.25, 0.3) is 99.1 Å². The number of hydrogen-bond acceptors (Lipinski definition) is 2. The normalized spacial score (nSPS) is 14.3. The molecule has 410 valence electrons. The molecular weight excluding hydrogens is 990 g/mol. The fourth-order valence-electron chi connectivity index (χ4n) is 15.6. The van der Waals surface area contributed by atoms with Crippen molar-refractivity contribution in [3.8, 4) is 78.3 Å². The lowest BCUT2D eigenvalue weighted by atomic mass is 9.34. The molecule has 0 atom stereocenters. The van der Waals surface area contributed by atoms with Crippen LogP contribution < -0.4 is 42.3 Å². The zero-order chi connectivity index (χ0) is 58.2. The number of rotatable bonds is 4. The molecule has 0 aromatic heterocycles. The van der Waals surface area contributed by atoms with E-state index in [1.54, 1.807) is 0 Å². The first-order valence-electron chi connectivity index (χ1n) is 30.3. The number of benzene rings is 10. The standard InChI is InChI=1S/C78H80B2O2/c1-73(2,3)41-29-57(75(7,8)9)65(58(30-41)76(10,11)12)47-37-49-55-35-43(81-19)33-53-45-25-22-24-28-62(45)80(71(53)55)64-40-52-48(66-59(77(13,14)15)31-42(74(4,5)6)32-60(66)78(16,17)18)38-50-56-36-44(82-20)34-54-46-26-21-23-27-61(46)79(72(54)56)63-39-51(47)69(67(49)64)70(52)68(50)63/h21-40H,1-20H3. The van der Waals surface area contributed by atoms with Crippen molar-refractivity contribution in [2.75, 3.05) is 14.2 Å². The average molecular weight is 1070 g/mol. The molecule has 0 saturated heterocycles. The highest BCUT2D eigenvalue weighted by Crippen LogP contribution is 2.56. The fraction of sp³-hybridized carbons (Fsp3) is 0.333. The van der Waals surface area contributed by atoms with Crippen LogP contribution in [0.4, 0.5) is 0 Å². The maximum atomic E-state index is 6.37. The van der Waals surface area contributed by atoms with Gasteiger partial charge in [0, 0.05) is 0 Å². The van der Waals surface area contributed by atoms with Gasteiger partial charge >= 0.3 is 0 Å². The third-order valence-corrected chi connectivity index (χ3v) is 19.6. The van der Waals surface area contributed by atoms with Crippen LogP contribution in [0.5, 0.6) is 11.5 Å². The molecule has 82 heavy (non-hydrogen) atoms. The molecule has 0 fully saturated rings. The van der Waals surface area contributed by atoms with Crippen molar-refractivity contribution < 1.29 is 9.47 Å². The molecule has 10 aromatic carbocycles. The summed E-state index contributed by atoms with van der Waals surface area (Å²) in [7, 11) is 3.68. The molecule has 4 heterocycles. The Morgan fingerprint density at radius 3 is 0.878 bits per heavy atom. The molecule has 0 unspecified atom stereocenters. The monoisotopic (exact) mass is 1070 g/mol. The van der Waals surface area contributed by atoms with Gasteiger partial charge in [-0.1, -0.05) is 242 Å². The Bertz CT molecular complexity index is 4110. The zero-order valence-corrected chi connectivity index (χ0v) is 52.5. The molecule has 0 radical (unpaired) electrons. The van der Waals surface area contributed by atoms with Crippen molar-refractivity contribution in [2.45, 2.75) is 157 Å². The topological polar surface area (TPSA) is 18.5 Å². The molecule has 10 aromatic rings. The minimum absolute atomic E-state index is 0.0278. The summed E-state index contributed by atoms with van der Waals surface area (Å²) < 4.78 is 12.7. The van der Waals surface area contributed by atoms with Gasteiger partial charge in [-0.3, -0.25) is 0 Å². The van der Waals surface area contributed by atoms with Gasteiger partial charge in [-0.2, -0.15) is 0 Å². The van der Waals surface area contributed by atoms with Gasteiger partial charge in [0.2, 0.25) is 13.4 Å². The molecule has 0 N–H and O–H groups in total. The van der Waals surface area contributed by atoms with Crippen molar-refractivity contribution in [3.63, 3.8) is 0 Å². The van der Waals surface area contributed by atoms with Crippen LogP contribution in [0.3, 0.4) is 0 Å². The Morgan fingerprint density at radius 2 is 0.585 bits per heavy atom. The van der Waals surface area contributed by atoms with E-state index in [4.69, 9.17) is 9.47 Å². The predicted octanol–water partition coefficient (Wildman–Crippen LogP) is 16.7. The molecule has 0 aliphatic carbocycles. The van der Waals surface area contributed by atoms with Crippen LogP contribution in [-0.2, 0) is 32.5 Å². The lowest BCUT2D eigenvalue weighted by Crippen LogP contribution is -2.53. The second kappa shape index (κ2) is 16.8.